The maximum Gasteiger partial charge on any atom is 0.319 e. The topological polar surface area (TPSA) is 44.4 Å². The summed E-state index contributed by atoms with van der Waals surface area (Å²) in [5.74, 6) is 0. The molecule has 0 spiro atoms. The zero-order chi connectivity index (χ0) is 13.9. The molecule has 0 radical (unpaired) electrons. The SMILES string of the molecule is CC(C)(C)NC(=O)Nc1ccccc1N1CCCC1. The number of hydrogen-bond donors (Lipinski definition) is 2. The molecule has 1 saturated heterocycles. The van der Waals surface area contributed by atoms with Gasteiger partial charge in [-0.2, -0.15) is 0 Å². The van der Waals surface area contributed by atoms with Crippen LogP contribution in [0.5, 0.6) is 0 Å². The number of carbonyl (C=O) groups is 1. The first-order valence-corrected chi connectivity index (χ1v) is 6.89. The molecule has 2 N–H and O–H groups in total. The smallest absolute Gasteiger partial charge is 0.319 e. The van der Waals surface area contributed by atoms with E-state index in [-0.39, 0.29) is 11.6 Å². The van der Waals surface area contributed by atoms with E-state index in [9.17, 15) is 4.79 Å². The van der Waals surface area contributed by atoms with Gasteiger partial charge in [0.1, 0.15) is 0 Å². The molecule has 2 rings (SSSR count). The molecule has 4 heteroatoms. The Hall–Kier alpha value is -1.71. The summed E-state index contributed by atoms with van der Waals surface area (Å²) in [5, 5.41) is 5.87. The first kappa shape index (κ1) is 13.7. The van der Waals surface area contributed by atoms with Crippen LogP contribution < -0.4 is 15.5 Å². The van der Waals surface area contributed by atoms with Crippen LogP contribution in [0.3, 0.4) is 0 Å². The van der Waals surface area contributed by atoms with Crippen LogP contribution in [0.1, 0.15) is 33.6 Å². The number of urea groups is 1. The number of nitrogens with zero attached hydrogens (tertiary/aromatic N) is 1. The van der Waals surface area contributed by atoms with Crippen molar-refractivity contribution in [3.63, 3.8) is 0 Å². The van der Waals surface area contributed by atoms with Crippen molar-refractivity contribution in [2.24, 2.45) is 0 Å². The Morgan fingerprint density at radius 3 is 2.42 bits per heavy atom. The van der Waals surface area contributed by atoms with Crippen LogP contribution in [0.25, 0.3) is 0 Å². The Balaban J connectivity index is 2.09. The summed E-state index contributed by atoms with van der Waals surface area (Å²) in [6.07, 6.45) is 2.45. The molecule has 1 aliphatic heterocycles. The van der Waals surface area contributed by atoms with E-state index < -0.39 is 0 Å². The summed E-state index contributed by atoms with van der Waals surface area (Å²) in [6, 6.07) is 7.83. The quantitative estimate of drug-likeness (QED) is 0.858. The molecular weight excluding hydrogens is 238 g/mol. The molecule has 0 bridgehead atoms. The molecule has 1 fully saturated rings. The molecule has 0 saturated carbocycles. The van der Waals surface area contributed by atoms with Crippen LogP contribution in [0.4, 0.5) is 16.2 Å². The van der Waals surface area contributed by atoms with Crippen molar-refractivity contribution in [2.45, 2.75) is 39.2 Å². The zero-order valence-corrected chi connectivity index (χ0v) is 12.0. The lowest BCUT2D eigenvalue weighted by Gasteiger charge is -2.24. The van der Waals surface area contributed by atoms with Gasteiger partial charge in [-0.3, -0.25) is 0 Å². The maximum atomic E-state index is 12.0. The van der Waals surface area contributed by atoms with Crippen molar-refractivity contribution in [2.75, 3.05) is 23.3 Å². The highest BCUT2D eigenvalue weighted by Gasteiger charge is 2.18. The van der Waals surface area contributed by atoms with Gasteiger partial charge in [0.15, 0.2) is 0 Å². The summed E-state index contributed by atoms with van der Waals surface area (Å²) >= 11 is 0. The molecule has 2 amide bonds. The minimum absolute atomic E-state index is 0.154. The maximum absolute atomic E-state index is 12.0. The summed E-state index contributed by atoms with van der Waals surface area (Å²) < 4.78 is 0. The lowest BCUT2D eigenvalue weighted by atomic mass is 10.1. The zero-order valence-electron chi connectivity index (χ0n) is 12.0. The van der Waals surface area contributed by atoms with Gasteiger partial charge < -0.3 is 15.5 Å². The normalized spacial score (nSPS) is 15.4. The number of hydrogen-bond acceptors (Lipinski definition) is 2. The van der Waals surface area contributed by atoms with Gasteiger partial charge >= 0.3 is 6.03 Å². The van der Waals surface area contributed by atoms with Gasteiger partial charge in [-0.1, -0.05) is 12.1 Å². The average molecular weight is 261 g/mol. The second-order valence-electron chi connectivity index (χ2n) is 6.04. The number of benzene rings is 1. The molecule has 0 aromatic heterocycles. The monoisotopic (exact) mass is 261 g/mol. The Morgan fingerprint density at radius 1 is 1.16 bits per heavy atom. The van der Waals surface area contributed by atoms with Crippen LogP contribution >= 0.6 is 0 Å². The molecule has 104 valence electrons. The largest absolute Gasteiger partial charge is 0.370 e. The van der Waals surface area contributed by atoms with Crippen LogP contribution in [0.2, 0.25) is 0 Å². The molecule has 0 atom stereocenters. The molecule has 19 heavy (non-hydrogen) atoms. The fourth-order valence-corrected chi connectivity index (χ4v) is 2.31. The molecule has 4 nitrogen and oxygen atoms in total. The van der Waals surface area contributed by atoms with Gasteiger partial charge in [-0.15, -0.1) is 0 Å². The van der Waals surface area contributed by atoms with Crippen molar-refractivity contribution in [1.29, 1.82) is 0 Å². The van der Waals surface area contributed by atoms with Gasteiger partial charge in [0.2, 0.25) is 0 Å². The number of rotatable bonds is 2. The van der Waals surface area contributed by atoms with Crippen LogP contribution in [0, 0.1) is 0 Å². The van der Waals surface area contributed by atoms with Gasteiger partial charge in [-0.05, 0) is 45.7 Å². The number of anilines is 2. The van der Waals surface area contributed by atoms with Crippen LogP contribution in [-0.4, -0.2) is 24.7 Å². The third kappa shape index (κ3) is 3.88. The minimum Gasteiger partial charge on any atom is -0.370 e. The summed E-state index contributed by atoms with van der Waals surface area (Å²) in [5.41, 5.74) is 1.77. The lowest BCUT2D eigenvalue weighted by molar-refractivity contribution is 0.244. The second kappa shape index (κ2) is 5.51. The van der Waals surface area contributed by atoms with E-state index in [0.29, 0.717) is 0 Å². The van der Waals surface area contributed by atoms with E-state index in [2.05, 4.69) is 21.6 Å². The number of nitrogens with one attached hydrogen (secondary N) is 2. The number of amides is 2. The predicted molar refractivity (Wildman–Crippen MR) is 79.8 cm³/mol. The minimum atomic E-state index is -0.229. The van der Waals surface area contributed by atoms with E-state index in [1.807, 2.05) is 39.0 Å². The highest BCUT2D eigenvalue weighted by Crippen LogP contribution is 2.28. The third-order valence-electron chi connectivity index (χ3n) is 3.09. The van der Waals surface area contributed by atoms with Crippen molar-refractivity contribution in [3.8, 4) is 0 Å². The van der Waals surface area contributed by atoms with Crippen molar-refractivity contribution >= 4 is 17.4 Å². The Bertz CT molecular complexity index is 445. The standard InChI is InChI=1S/C15H23N3O/c1-15(2,3)17-14(19)16-12-8-4-5-9-13(12)18-10-6-7-11-18/h4-5,8-9H,6-7,10-11H2,1-3H3,(H2,16,17,19). The van der Waals surface area contributed by atoms with Crippen LogP contribution in [0.15, 0.2) is 24.3 Å². The molecule has 0 unspecified atom stereocenters. The fourth-order valence-electron chi connectivity index (χ4n) is 2.31. The van der Waals surface area contributed by atoms with E-state index in [0.717, 1.165) is 24.5 Å². The molecule has 0 aliphatic carbocycles. The fraction of sp³-hybridized carbons (Fsp3) is 0.533. The summed E-state index contributed by atoms with van der Waals surface area (Å²) in [4.78, 5) is 14.3. The van der Waals surface area contributed by atoms with Gasteiger partial charge in [0, 0.05) is 18.6 Å². The van der Waals surface area contributed by atoms with E-state index in [1.54, 1.807) is 0 Å². The lowest BCUT2D eigenvalue weighted by Crippen LogP contribution is -2.43. The van der Waals surface area contributed by atoms with Gasteiger partial charge in [0.05, 0.1) is 11.4 Å². The summed E-state index contributed by atoms with van der Waals surface area (Å²) in [6.45, 7) is 8.05. The highest BCUT2D eigenvalue weighted by atomic mass is 16.2. The third-order valence-corrected chi connectivity index (χ3v) is 3.09. The molecule has 1 heterocycles. The number of para-hydroxylation sites is 2. The van der Waals surface area contributed by atoms with Crippen LogP contribution in [-0.2, 0) is 0 Å². The van der Waals surface area contributed by atoms with E-state index in [1.165, 1.54) is 12.8 Å². The second-order valence-corrected chi connectivity index (χ2v) is 6.04. The van der Waals surface area contributed by atoms with Crippen molar-refractivity contribution < 1.29 is 4.79 Å². The Labute approximate surface area is 115 Å². The highest BCUT2D eigenvalue weighted by molar-refractivity contribution is 5.93. The van der Waals surface area contributed by atoms with Crippen molar-refractivity contribution in [1.82, 2.24) is 5.32 Å². The molecular formula is C15H23N3O. The number of carbonyl (C=O) groups excluding carboxylic acids is 1. The Morgan fingerprint density at radius 2 is 1.79 bits per heavy atom. The van der Waals surface area contributed by atoms with E-state index >= 15 is 0 Å². The predicted octanol–water partition coefficient (Wildman–Crippen LogP) is 3.21. The molecule has 1 aliphatic rings. The van der Waals surface area contributed by atoms with E-state index in [4.69, 9.17) is 0 Å². The Kier molecular flexibility index (Phi) is 3.98. The first-order valence-electron chi connectivity index (χ1n) is 6.89. The molecule has 1 aromatic carbocycles. The molecule has 1 aromatic rings. The van der Waals surface area contributed by atoms with Gasteiger partial charge in [-0.25, -0.2) is 4.79 Å². The first-order chi connectivity index (χ1) is 8.96. The summed E-state index contributed by atoms with van der Waals surface area (Å²) in [7, 11) is 0. The average Bonchev–Trinajstić information content (AvgIpc) is 2.80. The van der Waals surface area contributed by atoms with Gasteiger partial charge in [0.25, 0.3) is 0 Å². The van der Waals surface area contributed by atoms with Crippen molar-refractivity contribution in [3.05, 3.63) is 24.3 Å².